The minimum atomic E-state index is 0.729. The molecule has 1 fully saturated rings. The maximum absolute atomic E-state index is 4.48. The molecular weight excluding hydrogens is 368 g/mol. The second-order valence-electron chi connectivity index (χ2n) is 6.86. The van der Waals surface area contributed by atoms with Crippen molar-refractivity contribution in [1.82, 2.24) is 20.0 Å². The Bertz CT molecular complexity index is 879. The number of rotatable bonds is 5. The molecule has 3 aromatic rings. The Hall–Kier alpha value is -2.80. The van der Waals surface area contributed by atoms with E-state index in [1.54, 1.807) is 0 Å². The van der Waals surface area contributed by atoms with Gasteiger partial charge in [-0.15, -0.1) is 11.3 Å². The van der Waals surface area contributed by atoms with E-state index in [1.165, 1.54) is 10.6 Å². The summed E-state index contributed by atoms with van der Waals surface area (Å²) < 4.78 is 1.98. The molecule has 0 bridgehead atoms. The van der Waals surface area contributed by atoms with Crippen LogP contribution >= 0.6 is 11.3 Å². The average molecular weight is 395 g/mol. The summed E-state index contributed by atoms with van der Waals surface area (Å²) in [7, 11) is 1.85. The predicted octanol–water partition coefficient (Wildman–Crippen LogP) is 2.89. The molecule has 0 aliphatic carbocycles. The van der Waals surface area contributed by atoms with Crippen LogP contribution in [-0.2, 0) is 13.1 Å². The monoisotopic (exact) mass is 394 g/mol. The molecule has 0 saturated carbocycles. The van der Waals surface area contributed by atoms with Crippen molar-refractivity contribution in [2.75, 3.05) is 38.1 Å². The Kier molecular flexibility index (Phi) is 5.92. The molecule has 146 valence electrons. The van der Waals surface area contributed by atoms with Gasteiger partial charge in [-0.3, -0.25) is 9.67 Å². The van der Waals surface area contributed by atoms with Crippen LogP contribution in [0, 0.1) is 0 Å². The fourth-order valence-corrected chi connectivity index (χ4v) is 4.24. The van der Waals surface area contributed by atoms with Crippen LogP contribution in [0.1, 0.15) is 11.1 Å². The van der Waals surface area contributed by atoms with Gasteiger partial charge in [0.05, 0.1) is 17.7 Å². The predicted molar refractivity (Wildman–Crippen MR) is 116 cm³/mol. The van der Waals surface area contributed by atoms with Crippen LogP contribution in [0.2, 0.25) is 0 Å². The van der Waals surface area contributed by atoms with Gasteiger partial charge in [-0.05, 0) is 23.1 Å². The van der Waals surface area contributed by atoms with Crippen molar-refractivity contribution in [3.8, 4) is 0 Å². The molecule has 7 heteroatoms. The third kappa shape index (κ3) is 4.54. The van der Waals surface area contributed by atoms with Crippen molar-refractivity contribution >= 4 is 22.3 Å². The van der Waals surface area contributed by atoms with E-state index >= 15 is 0 Å². The molecule has 6 nitrogen and oxygen atoms in total. The molecule has 4 rings (SSSR count). The number of hydrogen-bond acceptors (Lipinski definition) is 4. The maximum Gasteiger partial charge on any atom is 0.194 e. The van der Waals surface area contributed by atoms with Crippen molar-refractivity contribution in [3.05, 3.63) is 71.4 Å². The second kappa shape index (κ2) is 8.93. The molecule has 0 amide bonds. The summed E-state index contributed by atoms with van der Waals surface area (Å²) in [6, 6.07) is 14.7. The van der Waals surface area contributed by atoms with Crippen molar-refractivity contribution in [1.29, 1.82) is 0 Å². The van der Waals surface area contributed by atoms with Crippen molar-refractivity contribution in [2.24, 2.45) is 4.99 Å². The van der Waals surface area contributed by atoms with Crippen LogP contribution < -0.4 is 10.2 Å². The number of hydrogen-bond donors (Lipinski definition) is 1. The number of guanidine groups is 1. The van der Waals surface area contributed by atoms with Gasteiger partial charge in [0.2, 0.25) is 0 Å². The van der Waals surface area contributed by atoms with E-state index in [1.807, 2.05) is 35.3 Å². The number of thiophene rings is 1. The highest BCUT2D eigenvalue weighted by Crippen LogP contribution is 2.22. The van der Waals surface area contributed by atoms with Gasteiger partial charge >= 0.3 is 0 Å². The van der Waals surface area contributed by atoms with Gasteiger partial charge in [0.25, 0.3) is 0 Å². The molecule has 2 aromatic heterocycles. The smallest absolute Gasteiger partial charge is 0.194 e. The van der Waals surface area contributed by atoms with Crippen molar-refractivity contribution in [2.45, 2.75) is 13.1 Å². The van der Waals surface area contributed by atoms with Crippen LogP contribution in [0.5, 0.6) is 0 Å². The SMILES string of the molecule is CN=C(NCc1cnn(Cc2ccccc2)c1)N1CCN(c2cccs2)CC1. The van der Waals surface area contributed by atoms with Gasteiger partial charge in [0.15, 0.2) is 5.96 Å². The lowest BCUT2D eigenvalue weighted by Gasteiger charge is -2.37. The number of nitrogens with one attached hydrogen (secondary N) is 1. The lowest BCUT2D eigenvalue weighted by atomic mass is 10.2. The zero-order chi connectivity index (χ0) is 19.2. The fraction of sp³-hybridized carbons (Fsp3) is 0.333. The first-order valence-electron chi connectivity index (χ1n) is 9.61. The molecule has 1 saturated heterocycles. The number of benzene rings is 1. The number of nitrogens with zero attached hydrogens (tertiary/aromatic N) is 5. The summed E-state index contributed by atoms with van der Waals surface area (Å²) >= 11 is 1.81. The quantitative estimate of drug-likeness (QED) is 0.534. The normalized spacial score (nSPS) is 15.1. The first-order chi connectivity index (χ1) is 13.8. The third-order valence-corrected chi connectivity index (χ3v) is 5.86. The summed E-state index contributed by atoms with van der Waals surface area (Å²) in [5, 5.41) is 11.5. The number of aliphatic imine (C=N–C) groups is 1. The Balaban J connectivity index is 1.28. The highest BCUT2D eigenvalue weighted by atomic mass is 32.1. The van der Waals surface area contributed by atoms with E-state index in [4.69, 9.17) is 0 Å². The van der Waals surface area contributed by atoms with E-state index < -0.39 is 0 Å². The highest BCUT2D eigenvalue weighted by molar-refractivity contribution is 7.14. The Morgan fingerprint density at radius 2 is 1.89 bits per heavy atom. The molecule has 1 N–H and O–H groups in total. The van der Waals surface area contributed by atoms with Gasteiger partial charge < -0.3 is 15.1 Å². The first kappa shape index (κ1) is 18.6. The van der Waals surface area contributed by atoms with E-state index in [-0.39, 0.29) is 0 Å². The molecule has 1 aliphatic rings. The average Bonchev–Trinajstić information content (AvgIpc) is 3.42. The van der Waals surface area contributed by atoms with Crippen LogP contribution in [0.15, 0.2) is 65.2 Å². The minimum absolute atomic E-state index is 0.729. The summed E-state index contributed by atoms with van der Waals surface area (Å²) in [6.45, 7) is 5.52. The summed E-state index contributed by atoms with van der Waals surface area (Å²) in [5.41, 5.74) is 2.42. The minimum Gasteiger partial charge on any atom is -0.360 e. The molecule has 28 heavy (non-hydrogen) atoms. The Morgan fingerprint density at radius 3 is 2.61 bits per heavy atom. The Morgan fingerprint density at radius 1 is 1.07 bits per heavy atom. The zero-order valence-corrected chi connectivity index (χ0v) is 17.0. The van der Waals surface area contributed by atoms with E-state index in [0.29, 0.717) is 0 Å². The Labute approximate surface area is 170 Å². The van der Waals surface area contributed by atoms with Crippen molar-refractivity contribution < 1.29 is 0 Å². The van der Waals surface area contributed by atoms with E-state index in [9.17, 15) is 0 Å². The van der Waals surface area contributed by atoms with Crippen LogP contribution in [0.4, 0.5) is 5.00 Å². The molecule has 1 aliphatic heterocycles. The lowest BCUT2D eigenvalue weighted by molar-refractivity contribution is 0.373. The standard InChI is InChI=1S/C21H26N6S/c1-22-21(26-11-9-25(10-12-26)20-8-5-13-28-20)23-14-19-15-24-27(17-19)16-18-6-3-2-4-7-18/h2-8,13,15,17H,9-12,14,16H2,1H3,(H,22,23). The zero-order valence-electron chi connectivity index (χ0n) is 16.2. The first-order valence-corrected chi connectivity index (χ1v) is 10.5. The number of aromatic nitrogens is 2. The molecule has 3 heterocycles. The fourth-order valence-electron chi connectivity index (χ4n) is 3.46. The molecule has 0 radical (unpaired) electrons. The van der Waals surface area contributed by atoms with E-state index in [2.05, 4.69) is 73.2 Å². The topological polar surface area (TPSA) is 48.7 Å². The third-order valence-electron chi connectivity index (χ3n) is 4.93. The van der Waals surface area contributed by atoms with Crippen LogP contribution in [0.3, 0.4) is 0 Å². The molecule has 0 unspecified atom stereocenters. The van der Waals surface area contributed by atoms with Crippen LogP contribution in [0.25, 0.3) is 0 Å². The maximum atomic E-state index is 4.48. The van der Waals surface area contributed by atoms with Gasteiger partial charge in [-0.1, -0.05) is 30.3 Å². The van der Waals surface area contributed by atoms with Gasteiger partial charge in [-0.2, -0.15) is 5.10 Å². The second-order valence-corrected chi connectivity index (χ2v) is 7.78. The van der Waals surface area contributed by atoms with Crippen LogP contribution in [-0.4, -0.2) is 53.9 Å². The summed E-state index contributed by atoms with van der Waals surface area (Å²) in [6.07, 6.45) is 4.03. The van der Waals surface area contributed by atoms with Gasteiger partial charge in [0.1, 0.15) is 0 Å². The molecular formula is C21H26N6S. The number of piperazine rings is 1. The number of anilines is 1. The highest BCUT2D eigenvalue weighted by Gasteiger charge is 2.20. The lowest BCUT2D eigenvalue weighted by Crippen LogP contribution is -2.52. The summed E-state index contributed by atoms with van der Waals surface area (Å²) in [4.78, 5) is 9.26. The molecule has 0 spiro atoms. The van der Waals surface area contributed by atoms with Crippen molar-refractivity contribution in [3.63, 3.8) is 0 Å². The van der Waals surface area contributed by atoms with Gasteiger partial charge in [0, 0.05) is 51.5 Å². The largest absolute Gasteiger partial charge is 0.360 e. The van der Waals surface area contributed by atoms with E-state index in [0.717, 1.165) is 50.8 Å². The molecule has 0 atom stereocenters. The van der Waals surface area contributed by atoms with Gasteiger partial charge in [-0.25, -0.2) is 0 Å². The molecule has 1 aromatic carbocycles. The summed E-state index contributed by atoms with van der Waals surface area (Å²) in [5.74, 6) is 0.960.